The van der Waals surface area contributed by atoms with Gasteiger partial charge in [0, 0.05) is 5.56 Å². The molecule has 0 unspecified atom stereocenters. The molecule has 0 aromatic heterocycles. The molecule has 1 aliphatic carbocycles. The van der Waals surface area contributed by atoms with Crippen LogP contribution in [0, 0.1) is 6.92 Å². The maximum absolute atomic E-state index is 10.6. The lowest BCUT2D eigenvalue weighted by molar-refractivity contribution is 0.407. The molecule has 0 heterocycles. The lowest BCUT2D eigenvalue weighted by atomic mass is 9.85. The number of phenols is 1. The van der Waals surface area contributed by atoms with E-state index in [1.165, 1.54) is 0 Å². The first-order valence-electron chi connectivity index (χ1n) is 5.68. The van der Waals surface area contributed by atoms with E-state index in [1.54, 1.807) is 12.1 Å². The Kier molecular flexibility index (Phi) is 3.23. The van der Waals surface area contributed by atoms with Gasteiger partial charge in [-0.3, -0.25) is 0 Å². The minimum Gasteiger partial charge on any atom is -0.506 e. The van der Waals surface area contributed by atoms with E-state index < -0.39 is 5.54 Å². The van der Waals surface area contributed by atoms with Gasteiger partial charge in [0.05, 0.1) is 5.02 Å². The molecule has 1 aliphatic rings. The van der Waals surface area contributed by atoms with Crippen LogP contribution in [0.1, 0.15) is 36.8 Å². The first-order valence-corrected chi connectivity index (χ1v) is 6.06. The van der Waals surface area contributed by atoms with E-state index in [0.29, 0.717) is 10.6 Å². The van der Waals surface area contributed by atoms with E-state index in [1.807, 2.05) is 13.0 Å². The molecule has 1 N–H and O–H groups in total. The van der Waals surface area contributed by atoms with Gasteiger partial charge in [-0.2, -0.15) is 4.99 Å². The lowest BCUT2D eigenvalue weighted by Crippen LogP contribution is -2.20. The highest BCUT2D eigenvalue weighted by Gasteiger charge is 2.39. The molecule has 0 atom stereocenters. The zero-order valence-electron chi connectivity index (χ0n) is 9.66. The average Bonchev–Trinajstić information content (AvgIpc) is 2.74. The van der Waals surface area contributed by atoms with Crippen LogP contribution < -0.4 is 0 Å². The Hall–Kier alpha value is -1.31. The number of hydrogen-bond acceptors (Lipinski definition) is 3. The Morgan fingerprint density at radius 2 is 2.06 bits per heavy atom. The molecule has 90 valence electrons. The Morgan fingerprint density at radius 1 is 1.41 bits per heavy atom. The summed E-state index contributed by atoms with van der Waals surface area (Å²) in [5.74, 6) is 0.0487. The van der Waals surface area contributed by atoms with E-state index in [2.05, 4.69) is 4.99 Å². The van der Waals surface area contributed by atoms with Gasteiger partial charge in [0.25, 0.3) is 0 Å². The minimum atomic E-state index is -0.624. The SMILES string of the molecule is Cc1ccc(Cl)c(O)c1C1(N=C=O)CCCC1. The number of rotatable bonds is 2. The van der Waals surface area contributed by atoms with Gasteiger partial charge in [0.1, 0.15) is 11.3 Å². The number of benzene rings is 1. The number of nitrogens with zero attached hydrogens (tertiary/aromatic N) is 1. The minimum absolute atomic E-state index is 0.0487. The maximum atomic E-state index is 10.6. The molecular weight excluding hydrogens is 238 g/mol. The average molecular weight is 252 g/mol. The number of isocyanates is 1. The van der Waals surface area contributed by atoms with Gasteiger partial charge in [-0.15, -0.1) is 0 Å². The van der Waals surface area contributed by atoms with Crippen molar-refractivity contribution >= 4 is 17.7 Å². The number of hydrogen-bond donors (Lipinski definition) is 1. The predicted octanol–water partition coefficient (Wildman–Crippen LogP) is 3.46. The van der Waals surface area contributed by atoms with Crippen LogP contribution in [0.25, 0.3) is 0 Å². The third kappa shape index (κ3) is 1.97. The number of phenolic OH excluding ortho intramolecular Hbond substituents is 1. The molecule has 17 heavy (non-hydrogen) atoms. The molecule has 0 spiro atoms. The zero-order valence-corrected chi connectivity index (χ0v) is 10.4. The fourth-order valence-corrected chi connectivity index (χ4v) is 2.88. The number of halogens is 1. The van der Waals surface area contributed by atoms with Crippen molar-refractivity contribution in [1.29, 1.82) is 0 Å². The highest BCUT2D eigenvalue weighted by atomic mass is 35.5. The quantitative estimate of drug-likeness (QED) is 0.646. The van der Waals surface area contributed by atoms with Crippen molar-refractivity contribution in [2.45, 2.75) is 38.1 Å². The molecule has 1 aromatic carbocycles. The van der Waals surface area contributed by atoms with Crippen LogP contribution in [-0.4, -0.2) is 11.2 Å². The second-order valence-electron chi connectivity index (χ2n) is 4.53. The monoisotopic (exact) mass is 251 g/mol. The number of aromatic hydroxyl groups is 1. The van der Waals surface area contributed by atoms with Crippen molar-refractivity contribution < 1.29 is 9.90 Å². The van der Waals surface area contributed by atoms with Crippen LogP contribution in [0.15, 0.2) is 17.1 Å². The van der Waals surface area contributed by atoms with Crippen molar-refractivity contribution in [3.05, 3.63) is 28.3 Å². The summed E-state index contributed by atoms with van der Waals surface area (Å²) < 4.78 is 0. The van der Waals surface area contributed by atoms with Crippen molar-refractivity contribution in [3.8, 4) is 5.75 Å². The third-order valence-corrected chi connectivity index (χ3v) is 3.80. The second kappa shape index (κ2) is 4.52. The maximum Gasteiger partial charge on any atom is 0.235 e. The van der Waals surface area contributed by atoms with Crippen molar-refractivity contribution in [2.24, 2.45) is 4.99 Å². The van der Waals surface area contributed by atoms with E-state index >= 15 is 0 Å². The highest BCUT2D eigenvalue weighted by molar-refractivity contribution is 6.32. The van der Waals surface area contributed by atoms with Crippen LogP contribution in [0.5, 0.6) is 5.75 Å². The standard InChI is InChI=1S/C13H14ClNO2/c1-9-4-5-10(14)12(17)11(9)13(15-8-16)6-2-3-7-13/h4-5,17H,2-3,6-7H2,1H3. The second-order valence-corrected chi connectivity index (χ2v) is 4.94. The summed E-state index contributed by atoms with van der Waals surface area (Å²) in [6.07, 6.45) is 5.16. The van der Waals surface area contributed by atoms with Crippen LogP contribution in [0.4, 0.5) is 0 Å². The number of carbonyl (C=O) groups excluding carboxylic acids is 1. The van der Waals surface area contributed by atoms with E-state index in [4.69, 9.17) is 11.6 Å². The summed E-state index contributed by atoms with van der Waals surface area (Å²) in [5.41, 5.74) is 0.972. The Balaban J connectivity index is 2.65. The van der Waals surface area contributed by atoms with E-state index in [0.717, 1.165) is 31.2 Å². The fraction of sp³-hybridized carbons (Fsp3) is 0.462. The fourth-order valence-electron chi connectivity index (χ4n) is 2.72. The number of aliphatic imine (C=N–C) groups is 1. The van der Waals surface area contributed by atoms with Gasteiger partial charge in [0.2, 0.25) is 6.08 Å². The molecule has 4 heteroatoms. The van der Waals surface area contributed by atoms with Gasteiger partial charge in [-0.05, 0) is 31.4 Å². The van der Waals surface area contributed by atoms with E-state index in [9.17, 15) is 9.90 Å². The van der Waals surface area contributed by atoms with Crippen molar-refractivity contribution in [2.75, 3.05) is 0 Å². The zero-order chi connectivity index (χ0) is 12.5. The smallest absolute Gasteiger partial charge is 0.235 e. The lowest BCUT2D eigenvalue weighted by Gasteiger charge is -2.26. The van der Waals surface area contributed by atoms with Gasteiger partial charge in [-0.1, -0.05) is 30.5 Å². The van der Waals surface area contributed by atoms with Crippen molar-refractivity contribution in [3.63, 3.8) is 0 Å². The first-order chi connectivity index (χ1) is 8.10. The first kappa shape index (κ1) is 12.2. The molecule has 0 bridgehead atoms. The van der Waals surface area contributed by atoms with Crippen LogP contribution in [0.2, 0.25) is 5.02 Å². The van der Waals surface area contributed by atoms with Gasteiger partial charge >= 0.3 is 0 Å². The topological polar surface area (TPSA) is 49.7 Å². The Morgan fingerprint density at radius 3 is 2.65 bits per heavy atom. The molecule has 1 aromatic rings. The molecule has 2 rings (SSSR count). The molecule has 3 nitrogen and oxygen atoms in total. The molecule has 1 saturated carbocycles. The van der Waals surface area contributed by atoms with Gasteiger partial charge in [-0.25, -0.2) is 4.79 Å². The largest absolute Gasteiger partial charge is 0.506 e. The predicted molar refractivity (Wildman–Crippen MR) is 66.1 cm³/mol. The number of aryl methyl sites for hydroxylation is 1. The Bertz CT molecular complexity index is 486. The van der Waals surface area contributed by atoms with Crippen LogP contribution in [0.3, 0.4) is 0 Å². The summed E-state index contributed by atoms with van der Waals surface area (Å²) in [6, 6.07) is 3.50. The molecule has 0 aliphatic heterocycles. The molecule has 0 radical (unpaired) electrons. The van der Waals surface area contributed by atoms with Crippen LogP contribution in [-0.2, 0) is 10.3 Å². The molecule has 0 amide bonds. The van der Waals surface area contributed by atoms with Crippen LogP contribution >= 0.6 is 11.6 Å². The molecule has 1 fully saturated rings. The van der Waals surface area contributed by atoms with Gasteiger partial charge < -0.3 is 5.11 Å². The summed E-state index contributed by atoms with van der Waals surface area (Å²) in [7, 11) is 0. The summed E-state index contributed by atoms with van der Waals surface area (Å²) in [5, 5.41) is 10.4. The molecule has 0 saturated heterocycles. The summed E-state index contributed by atoms with van der Waals surface area (Å²) in [6.45, 7) is 1.89. The molecular formula is C13H14ClNO2. The third-order valence-electron chi connectivity index (χ3n) is 3.49. The Labute approximate surface area is 105 Å². The van der Waals surface area contributed by atoms with Gasteiger partial charge in [0.15, 0.2) is 0 Å². The summed E-state index contributed by atoms with van der Waals surface area (Å²) in [4.78, 5) is 14.6. The summed E-state index contributed by atoms with van der Waals surface area (Å²) >= 11 is 5.94. The van der Waals surface area contributed by atoms with Crippen molar-refractivity contribution in [1.82, 2.24) is 0 Å². The highest BCUT2D eigenvalue weighted by Crippen LogP contribution is 2.48. The van der Waals surface area contributed by atoms with E-state index in [-0.39, 0.29) is 5.75 Å². The normalized spacial score (nSPS) is 17.8.